The minimum atomic E-state index is -0.302. The molecule has 1 fully saturated rings. The maximum atomic E-state index is 9.51. The van der Waals surface area contributed by atoms with E-state index in [1.807, 2.05) is 6.92 Å². The average molecular weight is 185 g/mol. The summed E-state index contributed by atoms with van der Waals surface area (Å²) in [6.07, 6.45) is 4.25. The summed E-state index contributed by atoms with van der Waals surface area (Å²) in [7, 11) is 0. The molecule has 0 saturated heterocycles. The van der Waals surface area contributed by atoms with Crippen molar-refractivity contribution in [2.45, 2.75) is 58.7 Å². The van der Waals surface area contributed by atoms with Gasteiger partial charge in [0, 0.05) is 6.04 Å². The van der Waals surface area contributed by atoms with Gasteiger partial charge in [-0.3, -0.25) is 5.32 Å². The molecule has 0 aromatic heterocycles. The van der Waals surface area contributed by atoms with Crippen LogP contribution in [-0.4, -0.2) is 17.4 Å². The highest BCUT2D eigenvalue weighted by Crippen LogP contribution is 2.41. The predicted octanol–water partition coefficient (Wildman–Crippen LogP) is 2.13. The summed E-state index contributed by atoms with van der Waals surface area (Å²) in [5.41, 5.74) is 0. The number of hydrogen-bond donors (Lipinski definition) is 2. The molecule has 4 unspecified atom stereocenters. The molecule has 0 aromatic rings. The predicted molar refractivity (Wildman–Crippen MR) is 55.4 cm³/mol. The van der Waals surface area contributed by atoms with Crippen LogP contribution in [0.5, 0.6) is 0 Å². The second kappa shape index (κ2) is 4.97. The Morgan fingerprint density at radius 3 is 2.46 bits per heavy atom. The normalized spacial score (nSPS) is 31.4. The molecule has 1 aliphatic rings. The molecule has 78 valence electrons. The van der Waals surface area contributed by atoms with Crippen LogP contribution < -0.4 is 5.32 Å². The van der Waals surface area contributed by atoms with Gasteiger partial charge in [-0.1, -0.05) is 27.2 Å². The standard InChI is InChI=1S/C11H23NO/c1-4-6-10(9-7-8(9)3)12-11(13)5-2/h8-13H,4-7H2,1-3H3. The van der Waals surface area contributed by atoms with Crippen molar-refractivity contribution in [1.29, 1.82) is 0 Å². The smallest absolute Gasteiger partial charge is 0.104 e. The van der Waals surface area contributed by atoms with Gasteiger partial charge in [-0.25, -0.2) is 0 Å². The molecule has 0 heterocycles. The zero-order valence-corrected chi connectivity index (χ0v) is 9.09. The van der Waals surface area contributed by atoms with Gasteiger partial charge < -0.3 is 5.11 Å². The van der Waals surface area contributed by atoms with Crippen molar-refractivity contribution in [2.75, 3.05) is 0 Å². The molecule has 0 bridgehead atoms. The van der Waals surface area contributed by atoms with E-state index in [1.165, 1.54) is 19.3 Å². The summed E-state index contributed by atoms with van der Waals surface area (Å²) in [5.74, 6) is 1.69. The Morgan fingerprint density at radius 2 is 2.08 bits per heavy atom. The molecular formula is C11H23NO. The van der Waals surface area contributed by atoms with Gasteiger partial charge in [-0.05, 0) is 31.1 Å². The van der Waals surface area contributed by atoms with Crippen LogP contribution >= 0.6 is 0 Å². The van der Waals surface area contributed by atoms with E-state index in [2.05, 4.69) is 19.2 Å². The van der Waals surface area contributed by atoms with Crippen LogP contribution in [-0.2, 0) is 0 Å². The summed E-state index contributed by atoms with van der Waals surface area (Å²) in [6.45, 7) is 6.52. The van der Waals surface area contributed by atoms with Gasteiger partial charge in [0.25, 0.3) is 0 Å². The highest BCUT2D eigenvalue weighted by atomic mass is 16.3. The second-order valence-corrected chi connectivity index (χ2v) is 4.36. The molecule has 0 radical (unpaired) electrons. The first kappa shape index (κ1) is 11.0. The lowest BCUT2D eigenvalue weighted by Gasteiger charge is -2.21. The molecule has 0 aromatic carbocycles. The van der Waals surface area contributed by atoms with Crippen LogP contribution in [0.2, 0.25) is 0 Å². The van der Waals surface area contributed by atoms with Gasteiger partial charge >= 0.3 is 0 Å². The molecule has 1 aliphatic carbocycles. The Hall–Kier alpha value is -0.0800. The monoisotopic (exact) mass is 185 g/mol. The zero-order valence-electron chi connectivity index (χ0n) is 9.09. The highest BCUT2D eigenvalue weighted by Gasteiger charge is 2.39. The molecule has 1 saturated carbocycles. The minimum Gasteiger partial charge on any atom is -0.379 e. The van der Waals surface area contributed by atoms with Crippen LogP contribution in [0.15, 0.2) is 0 Å². The van der Waals surface area contributed by atoms with Gasteiger partial charge in [0.15, 0.2) is 0 Å². The Balaban J connectivity index is 2.29. The molecule has 4 atom stereocenters. The Labute approximate surface area is 81.7 Å². The molecule has 0 amide bonds. The Bertz CT molecular complexity index is 149. The summed E-state index contributed by atoms with van der Waals surface area (Å²) in [6, 6.07) is 0.551. The van der Waals surface area contributed by atoms with Crippen molar-refractivity contribution in [3.05, 3.63) is 0 Å². The first-order valence-electron chi connectivity index (χ1n) is 5.63. The van der Waals surface area contributed by atoms with E-state index in [0.29, 0.717) is 6.04 Å². The lowest BCUT2D eigenvalue weighted by Crippen LogP contribution is -2.39. The average Bonchev–Trinajstić information content (AvgIpc) is 2.81. The number of hydrogen-bond acceptors (Lipinski definition) is 2. The van der Waals surface area contributed by atoms with Crippen molar-refractivity contribution in [3.8, 4) is 0 Å². The quantitative estimate of drug-likeness (QED) is 0.621. The maximum Gasteiger partial charge on any atom is 0.104 e. The van der Waals surface area contributed by atoms with E-state index in [4.69, 9.17) is 0 Å². The fourth-order valence-electron chi connectivity index (χ4n) is 2.01. The van der Waals surface area contributed by atoms with Gasteiger partial charge in [-0.15, -0.1) is 0 Å². The van der Waals surface area contributed by atoms with Gasteiger partial charge in [0.05, 0.1) is 0 Å². The van der Waals surface area contributed by atoms with Crippen LogP contribution in [0.1, 0.15) is 46.5 Å². The van der Waals surface area contributed by atoms with Crippen molar-refractivity contribution in [2.24, 2.45) is 11.8 Å². The summed E-state index contributed by atoms with van der Waals surface area (Å²) >= 11 is 0. The van der Waals surface area contributed by atoms with E-state index in [9.17, 15) is 5.11 Å². The summed E-state index contributed by atoms with van der Waals surface area (Å²) < 4.78 is 0. The zero-order chi connectivity index (χ0) is 9.84. The second-order valence-electron chi connectivity index (χ2n) is 4.36. The number of nitrogens with one attached hydrogen (secondary N) is 1. The first-order chi connectivity index (χ1) is 6.19. The van der Waals surface area contributed by atoms with E-state index in [0.717, 1.165) is 18.3 Å². The van der Waals surface area contributed by atoms with Crippen molar-refractivity contribution >= 4 is 0 Å². The van der Waals surface area contributed by atoms with Crippen LogP contribution in [0.3, 0.4) is 0 Å². The van der Waals surface area contributed by atoms with Crippen LogP contribution in [0.25, 0.3) is 0 Å². The van der Waals surface area contributed by atoms with Crippen LogP contribution in [0.4, 0.5) is 0 Å². The Kier molecular flexibility index (Phi) is 4.20. The third-order valence-electron chi connectivity index (χ3n) is 3.08. The third kappa shape index (κ3) is 3.28. The fourth-order valence-corrected chi connectivity index (χ4v) is 2.01. The van der Waals surface area contributed by atoms with E-state index in [1.54, 1.807) is 0 Å². The third-order valence-corrected chi connectivity index (χ3v) is 3.08. The molecule has 2 N–H and O–H groups in total. The minimum absolute atomic E-state index is 0.302. The maximum absolute atomic E-state index is 9.51. The van der Waals surface area contributed by atoms with E-state index in [-0.39, 0.29) is 6.23 Å². The van der Waals surface area contributed by atoms with E-state index >= 15 is 0 Å². The molecular weight excluding hydrogens is 162 g/mol. The van der Waals surface area contributed by atoms with E-state index < -0.39 is 0 Å². The molecule has 2 nitrogen and oxygen atoms in total. The number of aliphatic hydroxyl groups is 1. The lowest BCUT2D eigenvalue weighted by atomic mass is 10.1. The Morgan fingerprint density at radius 1 is 1.46 bits per heavy atom. The molecule has 0 spiro atoms. The highest BCUT2D eigenvalue weighted by molar-refractivity contribution is 4.92. The molecule has 13 heavy (non-hydrogen) atoms. The van der Waals surface area contributed by atoms with Crippen molar-refractivity contribution in [1.82, 2.24) is 5.32 Å². The fraction of sp³-hybridized carbons (Fsp3) is 1.00. The largest absolute Gasteiger partial charge is 0.379 e. The number of aliphatic hydroxyl groups excluding tert-OH is 1. The lowest BCUT2D eigenvalue weighted by molar-refractivity contribution is 0.110. The van der Waals surface area contributed by atoms with Gasteiger partial charge in [0.2, 0.25) is 0 Å². The molecule has 2 heteroatoms. The summed E-state index contributed by atoms with van der Waals surface area (Å²) in [5, 5.41) is 12.8. The van der Waals surface area contributed by atoms with Gasteiger partial charge in [0.1, 0.15) is 6.23 Å². The van der Waals surface area contributed by atoms with Gasteiger partial charge in [-0.2, -0.15) is 0 Å². The van der Waals surface area contributed by atoms with Crippen LogP contribution in [0, 0.1) is 11.8 Å². The molecule has 1 rings (SSSR count). The SMILES string of the molecule is CCCC(NC(O)CC)C1CC1C. The van der Waals surface area contributed by atoms with Crippen molar-refractivity contribution in [3.63, 3.8) is 0 Å². The first-order valence-corrected chi connectivity index (χ1v) is 5.63. The van der Waals surface area contributed by atoms with Crippen molar-refractivity contribution < 1.29 is 5.11 Å². The number of rotatable bonds is 6. The summed E-state index contributed by atoms with van der Waals surface area (Å²) in [4.78, 5) is 0. The molecule has 0 aliphatic heterocycles. The topological polar surface area (TPSA) is 32.3 Å².